The smallest absolute Gasteiger partial charge is 0.303 e. The van der Waals surface area contributed by atoms with Gasteiger partial charge >= 0.3 is 5.97 Å². The first kappa shape index (κ1) is 23.5. The van der Waals surface area contributed by atoms with Gasteiger partial charge in [0.15, 0.2) is 0 Å². The van der Waals surface area contributed by atoms with Crippen molar-refractivity contribution in [2.45, 2.75) is 110 Å². The largest absolute Gasteiger partial charge is 0.481 e. The molecule has 0 aromatic rings. The molecule has 31 heavy (non-hydrogen) atoms. The lowest BCUT2D eigenvalue weighted by Crippen LogP contribution is -2.66. The number of aliphatic hydroxyl groups excluding tert-OH is 2. The summed E-state index contributed by atoms with van der Waals surface area (Å²) >= 11 is 0. The Morgan fingerprint density at radius 2 is 1.81 bits per heavy atom. The lowest BCUT2D eigenvalue weighted by Gasteiger charge is -2.66. The van der Waals surface area contributed by atoms with Gasteiger partial charge in [0.1, 0.15) is 0 Å². The molecule has 0 radical (unpaired) electrons. The van der Waals surface area contributed by atoms with Crippen molar-refractivity contribution in [1.82, 2.24) is 0 Å². The summed E-state index contributed by atoms with van der Waals surface area (Å²) in [4.78, 5) is 11.1. The van der Waals surface area contributed by atoms with Crippen LogP contribution in [0.4, 0.5) is 0 Å². The monoisotopic (exact) mass is 436 g/mol. The number of rotatable bonds is 5. The molecule has 4 fully saturated rings. The van der Waals surface area contributed by atoms with Crippen molar-refractivity contribution in [3.63, 3.8) is 0 Å². The van der Waals surface area contributed by atoms with Crippen molar-refractivity contribution in [3.8, 4) is 0 Å². The predicted molar refractivity (Wildman–Crippen MR) is 119 cm³/mol. The van der Waals surface area contributed by atoms with Crippen LogP contribution in [0.25, 0.3) is 0 Å². The molecule has 0 aromatic heterocycles. The van der Waals surface area contributed by atoms with Crippen LogP contribution in [0.2, 0.25) is 0 Å². The molecule has 178 valence electrons. The average Bonchev–Trinajstić information content (AvgIpc) is 3.07. The fourth-order valence-electron chi connectivity index (χ4n) is 9.26. The summed E-state index contributed by atoms with van der Waals surface area (Å²) in [6.07, 6.45) is 6.98. The van der Waals surface area contributed by atoms with Gasteiger partial charge in [0.2, 0.25) is 0 Å². The van der Waals surface area contributed by atoms with Gasteiger partial charge in [-0.1, -0.05) is 27.7 Å². The van der Waals surface area contributed by atoms with E-state index in [1.807, 2.05) is 0 Å². The number of hydrogen-bond donors (Lipinski definition) is 4. The third-order valence-corrected chi connectivity index (χ3v) is 11.1. The Kier molecular flexibility index (Phi) is 6.06. The number of carboxylic acids is 1. The van der Waals surface area contributed by atoms with Crippen LogP contribution in [-0.4, -0.2) is 44.2 Å². The lowest BCUT2D eigenvalue weighted by molar-refractivity contribution is -0.243. The number of aliphatic hydroxyl groups is 3. The molecule has 4 aliphatic carbocycles. The van der Waals surface area contributed by atoms with Gasteiger partial charge in [-0.3, -0.25) is 4.79 Å². The van der Waals surface area contributed by atoms with E-state index >= 15 is 0 Å². The highest BCUT2D eigenvalue weighted by Gasteiger charge is 2.68. The second-order valence-corrected chi connectivity index (χ2v) is 12.2. The molecule has 4 N–H and O–H groups in total. The molecular weight excluding hydrogens is 392 g/mol. The summed E-state index contributed by atoms with van der Waals surface area (Å²) < 4.78 is 0. The number of aliphatic carboxylic acids is 1. The van der Waals surface area contributed by atoms with Crippen LogP contribution in [0.5, 0.6) is 0 Å². The first-order valence-electron chi connectivity index (χ1n) is 12.8. The molecule has 0 aliphatic heterocycles. The van der Waals surface area contributed by atoms with Gasteiger partial charge in [0.05, 0.1) is 17.8 Å². The zero-order valence-electron chi connectivity index (χ0n) is 19.9. The molecule has 0 amide bonds. The SMILES string of the molecule is CC[C@@]1(O)C[C@@H]2C[C@H](O)CC[C@]2(C)[C@H]2C[C@H](O)[C@]3(C)[C@@H]([C@H](C)CCC(=O)O)CC[C@H]3[C@@H]21. The van der Waals surface area contributed by atoms with Crippen molar-refractivity contribution in [1.29, 1.82) is 0 Å². The molecule has 4 aliphatic rings. The van der Waals surface area contributed by atoms with Gasteiger partial charge in [-0.15, -0.1) is 0 Å². The zero-order chi connectivity index (χ0) is 22.8. The summed E-state index contributed by atoms with van der Waals surface area (Å²) in [5.74, 6) is 0.848. The van der Waals surface area contributed by atoms with Gasteiger partial charge in [0.25, 0.3) is 0 Å². The molecule has 4 rings (SSSR count). The van der Waals surface area contributed by atoms with E-state index in [-0.39, 0.29) is 47.0 Å². The molecule has 11 atom stereocenters. The van der Waals surface area contributed by atoms with Crippen LogP contribution < -0.4 is 0 Å². The molecule has 0 spiro atoms. The van der Waals surface area contributed by atoms with Gasteiger partial charge in [-0.25, -0.2) is 0 Å². The second kappa shape index (κ2) is 7.99. The molecular formula is C26H44O5. The van der Waals surface area contributed by atoms with Gasteiger partial charge in [-0.05, 0) is 104 Å². The molecule has 5 heteroatoms. The number of carboxylic acid groups (broad SMARTS) is 1. The number of carbonyl (C=O) groups is 1. The van der Waals surface area contributed by atoms with Crippen LogP contribution in [0, 0.1) is 46.3 Å². The summed E-state index contributed by atoms with van der Waals surface area (Å²) in [6, 6.07) is 0. The molecule has 0 unspecified atom stereocenters. The predicted octanol–water partition coefficient (Wildman–Crippen LogP) is 4.23. The minimum absolute atomic E-state index is 0.0701. The lowest BCUT2D eigenvalue weighted by atomic mass is 9.40. The standard InChI is InChI=1S/C26H44O5/c1-5-26(31)14-16-12-17(27)10-11-24(16,3)20-13-21(28)25(4)18(7-8-19(25)23(20)26)15(2)6-9-22(29)30/h15-21,23,27-28,31H,5-14H2,1-4H3,(H,29,30)/t15-,16+,17-,18-,19+,20+,21+,23+,24+,25-,26-/m1/s1. The summed E-state index contributed by atoms with van der Waals surface area (Å²) in [5.41, 5.74) is -0.933. The minimum Gasteiger partial charge on any atom is -0.481 e. The van der Waals surface area contributed by atoms with Crippen LogP contribution in [0.3, 0.4) is 0 Å². The molecule has 0 bridgehead atoms. The zero-order valence-corrected chi connectivity index (χ0v) is 19.9. The van der Waals surface area contributed by atoms with Gasteiger partial charge in [-0.2, -0.15) is 0 Å². The third-order valence-electron chi connectivity index (χ3n) is 11.1. The van der Waals surface area contributed by atoms with E-state index in [0.717, 1.165) is 51.4 Å². The Bertz CT molecular complexity index is 695. The fraction of sp³-hybridized carbons (Fsp3) is 0.962. The number of hydrogen-bond acceptors (Lipinski definition) is 4. The van der Waals surface area contributed by atoms with E-state index < -0.39 is 17.7 Å². The Labute approximate surface area is 187 Å². The Morgan fingerprint density at radius 3 is 2.45 bits per heavy atom. The summed E-state index contributed by atoms with van der Waals surface area (Å²) in [6.45, 7) is 8.87. The van der Waals surface area contributed by atoms with Gasteiger partial charge in [0, 0.05) is 6.42 Å². The summed E-state index contributed by atoms with van der Waals surface area (Å²) in [7, 11) is 0. The highest BCUT2D eigenvalue weighted by molar-refractivity contribution is 5.66. The topological polar surface area (TPSA) is 98.0 Å². The maximum absolute atomic E-state index is 12.0. The van der Waals surface area contributed by atoms with E-state index in [2.05, 4.69) is 27.7 Å². The van der Waals surface area contributed by atoms with E-state index in [9.17, 15) is 20.1 Å². The van der Waals surface area contributed by atoms with Crippen LogP contribution >= 0.6 is 0 Å². The molecule has 0 heterocycles. The van der Waals surface area contributed by atoms with E-state index in [4.69, 9.17) is 5.11 Å². The van der Waals surface area contributed by atoms with Crippen LogP contribution in [0.15, 0.2) is 0 Å². The van der Waals surface area contributed by atoms with Gasteiger partial charge < -0.3 is 20.4 Å². The average molecular weight is 437 g/mol. The fourth-order valence-corrected chi connectivity index (χ4v) is 9.26. The first-order chi connectivity index (χ1) is 14.5. The maximum Gasteiger partial charge on any atom is 0.303 e. The first-order valence-corrected chi connectivity index (χ1v) is 12.8. The Hall–Kier alpha value is -0.650. The maximum atomic E-state index is 12.0. The number of fused-ring (bicyclic) bond motifs is 5. The quantitative estimate of drug-likeness (QED) is 0.517. The van der Waals surface area contributed by atoms with Crippen LogP contribution in [-0.2, 0) is 4.79 Å². The van der Waals surface area contributed by atoms with Crippen molar-refractivity contribution < 1.29 is 25.2 Å². The second-order valence-electron chi connectivity index (χ2n) is 12.2. The molecule has 4 saturated carbocycles. The molecule has 5 nitrogen and oxygen atoms in total. The normalized spacial score (nSPS) is 52.7. The van der Waals surface area contributed by atoms with Crippen molar-refractivity contribution in [3.05, 3.63) is 0 Å². The van der Waals surface area contributed by atoms with E-state index in [0.29, 0.717) is 18.3 Å². The highest BCUT2D eigenvalue weighted by Crippen LogP contribution is 2.70. The van der Waals surface area contributed by atoms with Crippen LogP contribution in [0.1, 0.15) is 91.9 Å². The van der Waals surface area contributed by atoms with E-state index in [1.165, 1.54) is 0 Å². The Morgan fingerprint density at radius 1 is 1.10 bits per heavy atom. The molecule has 0 saturated heterocycles. The third kappa shape index (κ3) is 3.49. The van der Waals surface area contributed by atoms with Crippen molar-refractivity contribution >= 4 is 5.97 Å². The highest BCUT2D eigenvalue weighted by atomic mass is 16.4. The molecule has 0 aromatic carbocycles. The van der Waals surface area contributed by atoms with Crippen molar-refractivity contribution in [2.75, 3.05) is 0 Å². The van der Waals surface area contributed by atoms with E-state index in [1.54, 1.807) is 0 Å². The van der Waals surface area contributed by atoms with Crippen molar-refractivity contribution in [2.24, 2.45) is 46.3 Å². The Balaban J connectivity index is 1.68. The summed E-state index contributed by atoms with van der Waals surface area (Å²) in [5, 5.41) is 43.2. The minimum atomic E-state index is -0.748.